The van der Waals surface area contributed by atoms with Crippen LogP contribution in [0.15, 0.2) is 48.0 Å². The second kappa shape index (κ2) is 9.09. The largest absolute Gasteiger partial charge is 0.336 e. The van der Waals surface area contributed by atoms with Crippen LogP contribution < -0.4 is 5.32 Å². The number of rotatable bonds is 5. The lowest BCUT2D eigenvalue weighted by molar-refractivity contribution is 0.0627. The number of nitrogens with zero attached hydrogens (tertiary/aromatic N) is 4. The summed E-state index contributed by atoms with van der Waals surface area (Å²) >= 11 is 13.8. The van der Waals surface area contributed by atoms with Gasteiger partial charge in [-0.1, -0.05) is 35.3 Å². The molecule has 0 saturated carbocycles. The highest BCUT2D eigenvalue weighted by molar-refractivity contribution is 7.13. The average molecular weight is 448 g/mol. The zero-order valence-electron chi connectivity index (χ0n) is 15.5. The number of benzene rings is 1. The van der Waals surface area contributed by atoms with Gasteiger partial charge in [-0.25, -0.2) is 9.97 Å². The van der Waals surface area contributed by atoms with E-state index in [1.54, 1.807) is 24.4 Å². The van der Waals surface area contributed by atoms with Crippen LogP contribution in [-0.4, -0.2) is 51.9 Å². The van der Waals surface area contributed by atoms with E-state index in [0.29, 0.717) is 28.7 Å². The molecule has 1 saturated heterocycles. The van der Waals surface area contributed by atoms with Gasteiger partial charge in [-0.3, -0.25) is 9.69 Å². The van der Waals surface area contributed by atoms with E-state index in [1.165, 1.54) is 11.3 Å². The van der Waals surface area contributed by atoms with Gasteiger partial charge in [-0.2, -0.15) is 0 Å². The van der Waals surface area contributed by atoms with Gasteiger partial charge in [0.15, 0.2) is 5.13 Å². The van der Waals surface area contributed by atoms with E-state index in [1.807, 2.05) is 28.5 Å². The van der Waals surface area contributed by atoms with Crippen molar-refractivity contribution in [3.63, 3.8) is 0 Å². The Balaban J connectivity index is 1.34. The number of aromatic nitrogens is 2. The molecule has 1 aliphatic heterocycles. The van der Waals surface area contributed by atoms with E-state index in [0.717, 1.165) is 36.3 Å². The van der Waals surface area contributed by atoms with Gasteiger partial charge in [0.1, 0.15) is 5.82 Å². The predicted molar refractivity (Wildman–Crippen MR) is 117 cm³/mol. The molecular weight excluding hydrogens is 429 g/mol. The number of nitrogens with one attached hydrogen (secondary N) is 1. The predicted octanol–water partition coefficient (Wildman–Crippen LogP) is 4.55. The molecule has 3 aromatic rings. The van der Waals surface area contributed by atoms with Crippen LogP contribution in [0.3, 0.4) is 0 Å². The van der Waals surface area contributed by atoms with Gasteiger partial charge < -0.3 is 10.2 Å². The number of thiazole rings is 1. The molecule has 1 aromatic carbocycles. The lowest BCUT2D eigenvalue weighted by atomic mass is 10.1. The zero-order chi connectivity index (χ0) is 20.2. The van der Waals surface area contributed by atoms with Crippen molar-refractivity contribution in [3.8, 4) is 0 Å². The molecule has 1 amide bonds. The molecule has 1 aliphatic rings. The lowest BCUT2D eigenvalue weighted by Crippen LogP contribution is -2.48. The normalized spacial score (nSPS) is 14.8. The van der Waals surface area contributed by atoms with Crippen LogP contribution in [0.2, 0.25) is 10.0 Å². The summed E-state index contributed by atoms with van der Waals surface area (Å²) in [5.41, 5.74) is 1.43. The van der Waals surface area contributed by atoms with Gasteiger partial charge in [0.2, 0.25) is 0 Å². The van der Waals surface area contributed by atoms with E-state index in [2.05, 4.69) is 20.2 Å². The van der Waals surface area contributed by atoms with Crippen LogP contribution in [0, 0.1) is 0 Å². The Hall–Kier alpha value is -2.19. The second-order valence-corrected chi connectivity index (χ2v) is 8.33. The van der Waals surface area contributed by atoms with Gasteiger partial charge in [-0.15, -0.1) is 11.3 Å². The SMILES string of the molecule is O=C(c1cccc(Cl)c1Cl)N1CCN(Cc2cccc(Nc3nccs3)n2)CC1. The summed E-state index contributed by atoms with van der Waals surface area (Å²) in [7, 11) is 0. The Kier molecular flexibility index (Phi) is 6.30. The highest BCUT2D eigenvalue weighted by atomic mass is 35.5. The molecule has 0 unspecified atom stereocenters. The molecule has 4 rings (SSSR count). The van der Waals surface area contributed by atoms with Gasteiger partial charge in [-0.05, 0) is 24.3 Å². The molecule has 0 atom stereocenters. The molecule has 1 fully saturated rings. The van der Waals surface area contributed by atoms with Crippen LogP contribution in [0.5, 0.6) is 0 Å². The summed E-state index contributed by atoms with van der Waals surface area (Å²) in [6.07, 6.45) is 1.76. The van der Waals surface area contributed by atoms with Crippen molar-refractivity contribution in [2.24, 2.45) is 0 Å². The van der Waals surface area contributed by atoms with Gasteiger partial charge in [0, 0.05) is 44.3 Å². The van der Waals surface area contributed by atoms with Crippen LogP contribution in [0.25, 0.3) is 0 Å². The summed E-state index contributed by atoms with van der Waals surface area (Å²) in [5, 5.41) is 6.67. The Morgan fingerprint density at radius 2 is 1.90 bits per heavy atom. The number of pyridine rings is 1. The minimum atomic E-state index is -0.0788. The highest BCUT2D eigenvalue weighted by Gasteiger charge is 2.24. The van der Waals surface area contributed by atoms with E-state index in [4.69, 9.17) is 23.2 Å². The molecule has 2 aromatic heterocycles. The van der Waals surface area contributed by atoms with Crippen LogP contribution in [0.4, 0.5) is 10.9 Å². The molecule has 150 valence electrons. The Morgan fingerprint density at radius 1 is 1.10 bits per heavy atom. The lowest BCUT2D eigenvalue weighted by Gasteiger charge is -2.34. The van der Waals surface area contributed by atoms with Crippen LogP contribution >= 0.6 is 34.5 Å². The second-order valence-electron chi connectivity index (χ2n) is 6.65. The molecule has 0 spiro atoms. The smallest absolute Gasteiger partial charge is 0.255 e. The maximum atomic E-state index is 12.8. The van der Waals surface area contributed by atoms with E-state index >= 15 is 0 Å². The third kappa shape index (κ3) is 4.87. The third-order valence-electron chi connectivity index (χ3n) is 4.70. The maximum Gasteiger partial charge on any atom is 0.255 e. The monoisotopic (exact) mass is 447 g/mol. The van der Waals surface area contributed by atoms with Crippen LogP contribution in [0.1, 0.15) is 16.1 Å². The third-order valence-corrected chi connectivity index (χ3v) is 6.21. The van der Waals surface area contributed by atoms with Crippen molar-refractivity contribution in [3.05, 3.63) is 69.3 Å². The molecular formula is C20H19Cl2N5OS. The number of carbonyl (C=O) groups is 1. The molecule has 0 bridgehead atoms. The fraction of sp³-hybridized carbons (Fsp3) is 0.250. The number of carbonyl (C=O) groups excluding carboxylic acids is 1. The summed E-state index contributed by atoms with van der Waals surface area (Å²) in [4.78, 5) is 25.8. The number of anilines is 2. The minimum Gasteiger partial charge on any atom is -0.336 e. The molecule has 6 nitrogen and oxygen atoms in total. The van der Waals surface area contributed by atoms with Crippen molar-refractivity contribution < 1.29 is 4.79 Å². The highest BCUT2D eigenvalue weighted by Crippen LogP contribution is 2.27. The number of piperazine rings is 1. The molecule has 9 heteroatoms. The minimum absolute atomic E-state index is 0.0788. The van der Waals surface area contributed by atoms with Crippen molar-refractivity contribution in [2.75, 3.05) is 31.5 Å². The molecule has 1 N–H and O–H groups in total. The molecule has 29 heavy (non-hydrogen) atoms. The van der Waals surface area contributed by atoms with Crippen molar-refractivity contribution in [2.45, 2.75) is 6.54 Å². The fourth-order valence-corrected chi connectivity index (χ4v) is 4.13. The van der Waals surface area contributed by atoms with E-state index < -0.39 is 0 Å². The van der Waals surface area contributed by atoms with Crippen molar-refractivity contribution in [1.82, 2.24) is 19.8 Å². The number of halogens is 2. The summed E-state index contributed by atoms with van der Waals surface area (Å²) in [5.74, 6) is 0.701. The summed E-state index contributed by atoms with van der Waals surface area (Å²) < 4.78 is 0. The van der Waals surface area contributed by atoms with E-state index in [-0.39, 0.29) is 5.91 Å². The Labute approximate surface area is 183 Å². The number of hydrogen-bond donors (Lipinski definition) is 1. The summed E-state index contributed by atoms with van der Waals surface area (Å²) in [6, 6.07) is 11.1. The average Bonchev–Trinajstić information content (AvgIpc) is 3.23. The van der Waals surface area contributed by atoms with E-state index in [9.17, 15) is 4.79 Å². The zero-order valence-corrected chi connectivity index (χ0v) is 17.8. The molecule has 0 radical (unpaired) electrons. The van der Waals surface area contributed by atoms with Gasteiger partial charge in [0.05, 0.1) is 21.3 Å². The number of hydrogen-bond acceptors (Lipinski definition) is 6. The quantitative estimate of drug-likeness (QED) is 0.621. The molecule has 3 heterocycles. The van der Waals surface area contributed by atoms with Gasteiger partial charge in [0.25, 0.3) is 5.91 Å². The Bertz CT molecular complexity index is 990. The number of amides is 1. The topological polar surface area (TPSA) is 61.4 Å². The maximum absolute atomic E-state index is 12.8. The standard InChI is InChI=1S/C20H19Cl2N5OS/c21-16-5-2-4-15(18(16)22)19(28)27-10-8-26(9-11-27)13-14-3-1-6-17(24-14)25-20-23-7-12-29-20/h1-7,12H,8-11,13H2,(H,23,24,25). The summed E-state index contributed by atoms with van der Waals surface area (Å²) in [6.45, 7) is 3.55. The Morgan fingerprint density at radius 3 is 2.66 bits per heavy atom. The first-order valence-corrected chi connectivity index (χ1v) is 10.8. The van der Waals surface area contributed by atoms with Crippen molar-refractivity contribution in [1.29, 1.82) is 0 Å². The first-order valence-electron chi connectivity index (χ1n) is 9.18. The molecule has 0 aliphatic carbocycles. The van der Waals surface area contributed by atoms with Gasteiger partial charge >= 0.3 is 0 Å². The first kappa shape index (κ1) is 20.1. The van der Waals surface area contributed by atoms with Crippen molar-refractivity contribution >= 4 is 51.4 Å². The fourth-order valence-electron chi connectivity index (χ4n) is 3.21. The first-order chi connectivity index (χ1) is 14.1. The van der Waals surface area contributed by atoms with Crippen LogP contribution in [-0.2, 0) is 6.54 Å².